The van der Waals surface area contributed by atoms with E-state index in [-0.39, 0.29) is 23.7 Å². The third-order valence-corrected chi connectivity index (χ3v) is 4.29. The van der Waals surface area contributed by atoms with Gasteiger partial charge in [-0.1, -0.05) is 30.3 Å². The summed E-state index contributed by atoms with van der Waals surface area (Å²) in [5.41, 5.74) is 1.10. The first kappa shape index (κ1) is 16.9. The van der Waals surface area contributed by atoms with Crippen LogP contribution in [0.5, 0.6) is 0 Å². The van der Waals surface area contributed by atoms with Crippen molar-refractivity contribution in [2.75, 3.05) is 12.9 Å². The molecule has 0 heterocycles. The molecule has 0 bridgehead atoms. The largest absolute Gasteiger partial charge is 0.457 e. The Morgan fingerprint density at radius 3 is 2.13 bits per heavy atom. The maximum atomic E-state index is 11.9. The van der Waals surface area contributed by atoms with Crippen molar-refractivity contribution in [2.45, 2.75) is 11.3 Å². The highest BCUT2D eigenvalue weighted by Gasteiger charge is 2.12. The summed E-state index contributed by atoms with van der Waals surface area (Å²) < 4.78 is 27.6. The number of hydrogen-bond donors (Lipinski definition) is 0. The minimum absolute atomic E-state index is 0.0983. The molecule has 23 heavy (non-hydrogen) atoms. The Kier molecular flexibility index (Phi) is 5.28. The summed E-state index contributed by atoms with van der Waals surface area (Å²) in [5.74, 6) is -0.872. The molecule has 6 heteroatoms. The van der Waals surface area contributed by atoms with Gasteiger partial charge in [0.05, 0.1) is 11.3 Å². The van der Waals surface area contributed by atoms with E-state index in [4.69, 9.17) is 4.74 Å². The van der Waals surface area contributed by atoms with Crippen molar-refractivity contribution in [2.24, 2.45) is 0 Å². The minimum atomic E-state index is -3.30. The van der Waals surface area contributed by atoms with Crippen LogP contribution in [0.2, 0.25) is 0 Å². The molecule has 0 aliphatic rings. The highest BCUT2D eigenvalue weighted by Crippen LogP contribution is 2.11. The van der Waals surface area contributed by atoms with Crippen molar-refractivity contribution in [1.29, 1.82) is 0 Å². The lowest BCUT2D eigenvalue weighted by Crippen LogP contribution is -2.15. The van der Waals surface area contributed by atoms with Crippen LogP contribution in [0.15, 0.2) is 59.5 Å². The van der Waals surface area contributed by atoms with Crippen LogP contribution in [0.1, 0.15) is 15.9 Å². The highest BCUT2D eigenvalue weighted by atomic mass is 32.2. The summed E-state index contributed by atoms with van der Waals surface area (Å²) in [7, 11) is -3.30. The zero-order valence-corrected chi connectivity index (χ0v) is 13.4. The molecule has 0 amide bonds. The van der Waals surface area contributed by atoms with Crippen molar-refractivity contribution in [3.63, 3.8) is 0 Å². The Labute approximate surface area is 134 Å². The van der Waals surface area contributed by atoms with E-state index in [1.807, 2.05) is 18.2 Å². The molecule has 2 rings (SSSR count). The fourth-order valence-corrected chi connectivity index (χ4v) is 2.56. The molecule has 0 aliphatic carbocycles. The maximum Gasteiger partial charge on any atom is 0.310 e. The molecule has 0 saturated carbocycles. The number of sulfone groups is 1. The third kappa shape index (κ3) is 5.03. The number of Topliss-reactive ketones (excluding diaryl/α,β-unsaturated/α-hetero) is 1. The van der Waals surface area contributed by atoms with Crippen LogP contribution in [0, 0.1) is 0 Å². The fourth-order valence-electron chi connectivity index (χ4n) is 1.93. The zero-order valence-electron chi connectivity index (χ0n) is 12.6. The second-order valence-corrected chi connectivity index (χ2v) is 7.06. The molecule has 0 fully saturated rings. The van der Waals surface area contributed by atoms with Gasteiger partial charge in [0.1, 0.15) is 0 Å². The first-order chi connectivity index (χ1) is 10.9. The molecule has 0 saturated heterocycles. The quantitative estimate of drug-likeness (QED) is 0.598. The van der Waals surface area contributed by atoms with Crippen LogP contribution >= 0.6 is 0 Å². The Morgan fingerprint density at radius 1 is 0.957 bits per heavy atom. The fraction of sp³-hybridized carbons (Fsp3) is 0.176. The number of ketones is 1. The van der Waals surface area contributed by atoms with E-state index in [9.17, 15) is 18.0 Å². The van der Waals surface area contributed by atoms with Crippen LogP contribution in [-0.4, -0.2) is 33.0 Å². The van der Waals surface area contributed by atoms with Crippen LogP contribution in [0.3, 0.4) is 0 Å². The summed E-state index contributed by atoms with van der Waals surface area (Å²) in [6.45, 7) is -0.371. The van der Waals surface area contributed by atoms with E-state index in [0.717, 1.165) is 11.8 Å². The van der Waals surface area contributed by atoms with Gasteiger partial charge in [0, 0.05) is 11.8 Å². The number of esters is 1. The van der Waals surface area contributed by atoms with E-state index >= 15 is 0 Å². The van der Waals surface area contributed by atoms with Gasteiger partial charge < -0.3 is 4.74 Å². The summed E-state index contributed by atoms with van der Waals surface area (Å²) in [6.07, 6.45) is 1.19. The van der Waals surface area contributed by atoms with Gasteiger partial charge in [0.2, 0.25) is 0 Å². The van der Waals surface area contributed by atoms with E-state index < -0.39 is 15.8 Å². The van der Waals surface area contributed by atoms with Crippen molar-refractivity contribution in [3.8, 4) is 0 Å². The zero-order chi connectivity index (χ0) is 16.9. The minimum Gasteiger partial charge on any atom is -0.457 e. The van der Waals surface area contributed by atoms with Crippen molar-refractivity contribution in [1.82, 2.24) is 0 Å². The second kappa shape index (κ2) is 7.19. The van der Waals surface area contributed by atoms with Crippen LogP contribution < -0.4 is 0 Å². The summed E-state index contributed by atoms with van der Waals surface area (Å²) in [4.78, 5) is 23.8. The van der Waals surface area contributed by atoms with Crippen LogP contribution in [0.4, 0.5) is 0 Å². The standard InChI is InChI=1S/C17H16O5S/c1-23(20,21)15-9-7-14(8-10-15)16(18)12-22-17(19)11-13-5-3-2-4-6-13/h2-10H,11-12H2,1H3. The van der Waals surface area contributed by atoms with E-state index in [0.29, 0.717) is 5.56 Å². The molecule has 0 radical (unpaired) electrons. The predicted octanol–water partition coefficient (Wildman–Crippen LogP) is 2.06. The van der Waals surface area contributed by atoms with Gasteiger partial charge in [-0.3, -0.25) is 9.59 Å². The number of rotatable bonds is 6. The molecule has 120 valence electrons. The van der Waals surface area contributed by atoms with Crippen LogP contribution in [-0.2, 0) is 25.8 Å². The second-order valence-electron chi connectivity index (χ2n) is 5.04. The molecule has 0 N–H and O–H groups in total. The van der Waals surface area contributed by atoms with Gasteiger partial charge in [-0.15, -0.1) is 0 Å². The van der Waals surface area contributed by atoms with Crippen molar-refractivity contribution >= 4 is 21.6 Å². The summed E-state index contributed by atoms with van der Waals surface area (Å²) in [6, 6.07) is 14.6. The lowest BCUT2D eigenvalue weighted by molar-refractivity contribution is -0.141. The van der Waals surface area contributed by atoms with Gasteiger partial charge >= 0.3 is 5.97 Å². The molecule has 2 aromatic rings. The monoisotopic (exact) mass is 332 g/mol. The molecule has 0 atom stereocenters. The van der Waals surface area contributed by atoms with Gasteiger partial charge in [-0.25, -0.2) is 8.42 Å². The molecule has 0 spiro atoms. The highest BCUT2D eigenvalue weighted by molar-refractivity contribution is 7.90. The Bertz CT molecular complexity index is 793. The predicted molar refractivity (Wildman–Crippen MR) is 85.0 cm³/mol. The average molecular weight is 332 g/mol. The average Bonchev–Trinajstić information content (AvgIpc) is 2.53. The Morgan fingerprint density at radius 2 is 1.57 bits per heavy atom. The lowest BCUT2D eigenvalue weighted by Gasteiger charge is -2.05. The van der Waals surface area contributed by atoms with Crippen molar-refractivity contribution in [3.05, 3.63) is 65.7 Å². The third-order valence-electron chi connectivity index (χ3n) is 3.16. The van der Waals surface area contributed by atoms with Crippen molar-refractivity contribution < 1.29 is 22.7 Å². The van der Waals surface area contributed by atoms with Gasteiger partial charge in [0.15, 0.2) is 22.2 Å². The molecule has 0 aliphatic heterocycles. The maximum absolute atomic E-state index is 11.9. The molecular formula is C17H16O5S. The normalized spacial score (nSPS) is 11.0. The number of benzene rings is 2. The summed E-state index contributed by atoms with van der Waals surface area (Å²) in [5, 5.41) is 0. The molecule has 2 aromatic carbocycles. The van der Waals surface area contributed by atoms with Gasteiger partial charge in [-0.05, 0) is 29.8 Å². The Hall–Kier alpha value is -2.47. The molecule has 0 aromatic heterocycles. The van der Waals surface area contributed by atoms with Crippen LogP contribution in [0.25, 0.3) is 0 Å². The topological polar surface area (TPSA) is 77.5 Å². The number of hydrogen-bond acceptors (Lipinski definition) is 5. The number of carbonyl (C=O) groups is 2. The van der Waals surface area contributed by atoms with Gasteiger partial charge in [0.25, 0.3) is 0 Å². The smallest absolute Gasteiger partial charge is 0.310 e. The molecular weight excluding hydrogens is 316 g/mol. The van der Waals surface area contributed by atoms with E-state index in [1.54, 1.807) is 12.1 Å². The lowest BCUT2D eigenvalue weighted by atomic mass is 10.1. The Balaban J connectivity index is 1.91. The number of carbonyl (C=O) groups excluding carboxylic acids is 2. The van der Waals surface area contributed by atoms with E-state index in [2.05, 4.69) is 0 Å². The molecule has 5 nitrogen and oxygen atoms in total. The van der Waals surface area contributed by atoms with E-state index in [1.165, 1.54) is 24.3 Å². The SMILES string of the molecule is CS(=O)(=O)c1ccc(C(=O)COC(=O)Cc2ccccc2)cc1. The summed E-state index contributed by atoms with van der Waals surface area (Å²) >= 11 is 0. The first-order valence-electron chi connectivity index (χ1n) is 6.89. The molecule has 0 unspecified atom stereocenters. The number of ether oxygens (including phenoxy) is 1. The van der Waals surface area contributed by atoms with Gasteiger partial charge in [-0.2, -0.15) is 0 Å². The first-order valence-corrected chi connectivity index (χ1v) is 8.78.